The molecule has 0 heterocycles. The van der Waals surface area contributed by atoms with Gasteiger partial charge in [0.05, 0.1) is 24.8 Å². The van der Waals surface area contributed by atoms with Gasteiger partial charge in [0.15, 0.2) is 11.1 Å². The molecule has 0 saturated heterocycles. The molecule has 4 nitrogen and oxygen atoms in total. The van der Waals surface area contributed by atoms with Crippen molar-refractivity contribution in [1.82, 2.24) is 0 Å². The van der Waals surface area contributed by atoms with Crippen LogP contribution < -0.4 is 5.48 Å². The first-order valence-corrected chi connectivity index (χ1v) is 4.70. The summed E-state index contributed by atoms with van der Waals surface area (Å²) in [5.41, 5.74) is 3.46. The van der Waals surface area contributed by atoms with E-state index < -0.39 is 11.1 Å². The van der Waals surface area contributed by atoms with Crippen LogP contribution in [0.1, 0.15) is 0 Å². The van der Waals surface area contributed by atoms with Crippen LogP contribution >= 0.6 is 0 Å². The molecule has 1 aromatic carbocycles. The Labute approximate surface area is 79.5 Å². The highest BCUT2D eigenvalue weighted by Gasteiger charge is 2.00. The van der Waals surface area contributed by atoms with Crippen molar-refractivity contribution in [3.63, 3.8) is 0 Å². The maximum atomic E-state index is 11.1. The Kier molecular flexibility index (Phi) is 3.88. The molecule has 1 rings (SSSR count). The van der Waals surface area contributed by atoms with E-state index >= 15 is 0 Å². The lowest BCUT2D eigenvalue weighted by atomic mass is 10.3. The Balaban J connectivity index is 2.75. The number of anilines is 1. The molecule has 0 fully saturated rings. The lowest BCUT2D eigenvalue weighted by Crippen LogP contribution is -1.97. The SMILES string of the molecule is CONc1ccc(S(=O)OC)cc1. The fourth-order valence-electron chi connectivity index (χ4n) is 0.848. The number of rotatable bonds is 4. The number of hydrogen-bond acceptors (Lipinski definition) is 4. The van der Waals surface area contributed by atoms with Crippen LogP contribution in [0, 0.1) is 0 Å². The molecule has 13 heavy (non-hydrogen) atoms. The van der Waals surface area contributed by atoms with Crippen LogP contribution in [0.15, 0.2) is 29.2 Å². The molecule has 0 amide bonds. The summed E-state index contributed by atoms with van der Waals surface area (Å²) in [4.78, 5) is 5.33. The van der Waals surface area contributed by atoms with Crippen molar-refractivity contribution in [2.45, 2.75) is 4.90 Å². The van der Waals surface area contributed by atoms with E-state index in [2.05, 4.69) is 9.66 Å². The van der Waals surface area contributed by atoms with E-state index in [0.29, 0.717) is 4.90 Å². The first kappa shape index (κ1) is 10.2. The third-order valence-corrected chi connectivity index (χ3v) is 2.38. The second-order valence-corrected chi connectivity index (χ2v) is 3.51. The van der Waals surface area contributed by atoms with Crippen LogP contribution in [0.5, 0.6) is 0 Å². The molecule has 0 aliphatic rings. The maximum absolute atomic E-state index is 11.1. The van der Waals surface area contributed by atoms with Gasteiger partial charge in [0, 0.05) is 0 Å². The monoisotopic (exact) mass is 201 g/mol. The van der Waals surface area contributed by atoms with Gasteiger partial charge in [-0.2, -0.15) is 0 Å². The molecule has 0 spiro atoms. The number of benzene rings is 1. The smallest absolute Gasteiger partial charge is 0.188 e. The molecular weight excluding hydrogens is 190 g/mol. The third-order valence-electron chi connectivity index (χ3n) is 1.42. The van der Waals surface area contributed by atoms with Gasteiger partial charge in [0.1, 0.15) is 0 Å². The van der Waals surface area contributed by atoms with E-state index in [-0.39, 0.29) is 0 Å². The molecule has 5 heteroatoms. The fourth-order valence-corrected chi connectivity index (χ4v) is 1.40. The van der Waals surface area contributed by atoms with Crippen LogP contribution in [0.2, 0.25) is 0 Å². The zero-order valence-electron chi connectivity index (χ0n) is 7.44. The molecule has 0 saturated carbocycles. The summed E-state index contributed by atoms with van der Waals surface area (Å²) in [6.07, 6.45) is 0. The van der Waals surface area contributed by atoms with E-state index in [4.69, 9.17) is 4.84 Å². The quantitative estimate of drug-likeness (QED) is 0.746. The van der Waals surface area contributed by atoms with Gasteiger partial charge in [0.2, 0.25) is 0 Å². The minimum Gasteiger partial charge on any atom is -0.290 e. The molecule has 0 bridgehead atoms. The van der Waals surface area contributed by atoms with Crippen molar-refractivity contribution in [3.8, 4) is 0 Å². The van der Waals surface area contributed by atoms with E-state index in [0.717, 1.165) is 5.69 Å². The van der Waals surface area contributed by atoms with Gasteiger partial charge in [-0.05, 0) is 24.3 Å². The summed E-state index contributed by atoms with van der Waals surface area (Å²) in [5.74, 6) is 0. The van der Waals surface area contributed by atoms with Gasteiger partial charge in [-0.25, -0.2) is 4.21 Å². The van der Waals surface area contributed by atoms with Crippen molar-refractivity contribution in [2.75, 3.05) is 19.7 Å². The van der Waals surface area contributed by atoms with Gasteiger partial charge in [-0.1, -0.05) is 0 Å². The summed E-state index contributed by atoms with van der Waals surface area (Å²) in [6, 6.07) is 6.94. The lowest BCUT2D eigenvalue weighted by molar-refractivity contribution is 0.271. The van der Waals surface area contributed by atoms with E-state index in [1.54, 1.807) is 24.3 Å². The molecule has 1 atom stereocenters. The molecule has 0 aliphatic carbocycles. The lowest BCUT2D eigenvalue weighted by Gasteiger charge is -2.03. The van der Waals surface area contributed by atoms with Crippen molar-refractivity contribution < 1.29 is 13.2 Å². The third kappa shape index (κ3) is 2.80. The highest BCUT2D eigenvalue weighted by molar-refractivity contribution is 7.80. The number of hydrogen-bond donors (Lipinski definition) is 1. The Hall–Kier alpha value is -0.910. The van der Waals surface area contributed by atoms with Gasteiger partial charge in [-0.15, -0.1) is 0 Å². The van der Waals surface area contributed by atoms with Crippen molar-refractivity contribution >= 4 is 16.8 Å². The molecule has 0 radical (unpaired) electrons. The predicted molar refractivity (Wildman–Crippen MR) is 50.5 cm³/mol. The molecule has 0 aliphatic heterocycles. The van der Waals surface area contributed by atoms with E-state index in [1.165, 1.54) is 14.2 Å². The van der Waals surface area contributed by atoms with Gasteiger partial charge >= 0.3 is 0 Å². The highest BCUT2D eigenvalue weighted by atomic mass is 32.2. The molecule has 1 N–H and O–H groups in total. The van der Waals surface area contributed by atoms with Crippen molar-refractivity contribution in [2.24, 2.45) is 0 Å². The standard InChI is InChI=1S/C8H11NO3S/c1-11-9-7-3-5-8(6-4-7)13(10)12-2/h3-6,9H,1-2H3. The summed E-state index contributed by atoms with van der Waals surface area (Å²) >= 11 is -1.37. The molecule has 1 unspecified atom stereocenters. The summed E-state index contributed by atoms with van der Waals surface area (Å²) < 4.78 is 15.8. The van der Waals surface area contributed by atoms with E-state index in [9.17, 15) is 4.21 Å². The van der Waals surface area contributed by atoms with Crippen LogP contribution in [0.25, 0.3) is 0 Å². The number of nitrogens with one attached hydrogen (secondary N) is 1. The topological polar surface area (TPSA) is 47.6 Å². The highest BCUT2D eigenvalue weighted by Crippen LogP contribution is 2.12. The van der Waals surface area contributed by atoms with Crippen molar-refractivity contribution in [3.05, 3.63) is 24.3 Å². The zero-order valence-corrected chi connectivity index (χ0v) is 8.26. The van der Waals surface area contributed by atoms with Crippen LogP contribution in [0.3, 0.4) is 0 Å². The minimum atomic E-state index is -1.37. The second kappa shape index (κ2) is 4.96. The largest absolute Gasteiger partial charge is 0.290 e. The van der Waals surface area contributed by atoms with Crippen LogP contribution in [0.4, 0.5) is 5.69 Å². The molecule has 0 aromatic heterocycles. The summed E-state index contributed by atoms with van der Waals surface area (Å²) in [6.45, 7) is 0. The normalized spacial score (nSPS) is 12.5. The van der Waals surface area contributed by atoms with Gasteiger partial charge in [-0.3, -0.25) is 14.5 Å². The summed E-state index contributed by atoms with van der Waals surface area (Å²) in [5, 5.41) is 0. The zero-order chi connectivity index (χ0) is 9.68. The van der Waals surface area contributed by atoms with Crippen LogP contribution in [-0.2, 0) is 20.1 Å². The molecule has 72 valence electrons. The van der Waals surface area contributed by atoms with Gasteiger partial charge < -0.3 is 0 Å². The maximum Gasteiger partial charge on any atom is 0.188 e. The average Bonchev–Trinajstić information content (AvgIpc) is 2.18. The molecule has 1 aromatic rings. The Morgan fingerprint density at radius 3 is 2.31 bits per heavy atom. The second-order valence-electron chi connectivity index (χ2n) is 2.23. The minimum absolute atomic E-state index is 0.629. The molecular formula is C8H11NO3S. The fraction of sp³-hybridized carbons (Fsp3) is 0.250. The summed E-state index contributed by atoms with van der Waals surface area (Å²) in [7, 11) is 2.93. The average molecular weight is 201 g/mol. The Bertz CT molecular complexity index is 286. The van der Waals surface area contributed by atoms with Crippen molar-refractivity contribution in [1.29, 1.82) is 0 Å². The van der Waals surface area contributed by atoms with Crippen LogP contribution in [-0.4, -0.2) is 18.4 Å². The first-order valence-electron chi connectivity index (χ1n) is 3.63. The Morgan fingerprint density at radius 2 is 1.85 bits per heavy atom. The van der Waals surface area contributed by atoms with Gasteiger partial charge in [0.25, 0.3) is 0 Å². The van der Waals surface area contributed by atoms with E-state index in [1.807, 2.05) is 0 Å². The first-order chi connectivity index (χ1) is 6.27. The Morgan fingerprint density at radius 1 is 1.23 bits per heavy atom. The predicted octanol–water partition coefficient (Wildman–Crippen LogP) is 1.33.